The monoisotopic (exact) mass is 351 g/mol. The number of amides is 1. The van der Waals surface area contributed by atoms with Gasteiger partial charge >= 0.3 is 5.97 Å². The molecular weight excluding hydrogens is 332 g/mol. The van der Waals surface area contributed by atoms with Crippen LogP contribution in [0, 0.1) is 35.3 Å². The molecule has 0 heterocycles. The molecule has 0 saturated heterocycles. The van der Waals surface area contributed by atoms with Gasteiger partial charge in [-0.25, -0.2) is 8.78 Å². The van der Waals surface area contributed by atoms with E-state index in [1.165, 1.54) is 13.2 Å². The Labute approximate surface area is 143 Å². The third kappa shape index (κ3) is 3.28. The minimum atomic E-state index is -1.01. The van der Waals surface area contributed by atoms with Gasteiger partial charge in [-0.3, -0.25) is 9.59 Å². The lowest BCUT2D eigenvalue weighted by molar-refractivity contribution is -0.148. The molecular formula is C18H19F2NO4. The fourth-order valence-corrected chi connectivity index (χ4v) is 3.90. The summed E-state index contributed by atoms with van der Waals surface area (Å²) in [4.78, 5) is 24.3. The quantitative estimate of drug-likeness (QED) is 0.771. The van der Waals surface area contributed by atoms with Crippen LogP contribution in [0.5, 0.6) is 0 Å². The zero-order valence-electron chi connectivity index (χ0n) is 13.6. The molecule has 1 aromatic carbocycles. The number of carbonyl (C=O) groups excluding carboxylic acids is 1. The first kappa shape index (κ1) is 17.5. The van der Waals surface area contributed by atoms with Crippen molar-refractivity contribution in [2.24, 2.45) is 23.7 Å². The van der Waals surface area contributed by atoms with Crippen LogP contribution in [-0.2, 0) is 14.3 Å². The van der Waals surface area contributed by atoms with E-state index in [1.807, 2.05) is 12.2 Å². The van der Waals surface area contributed by atoms with Crippen LogP contribution >= 0.6 is 0 Å². The van der Waals surface area contributed by atoms with Gasteiger partial charge in [0.25, 0.3) is 0 Å². The first-order valence-electron chi connectivity index (χ1n) is 8.07. The number of fused-ring (bicyclic) bond motifs is 2. The summed E-state index contributed by atoms with van der Waals surface area (Å²) >= 11 is 0. The maximum absolute atomic E-state index is 13.5. The summed E-state index contributed by atoms with van der Waals surface area (Å²) in [6.45, 7) is 0.0607. The van der Waals surface area contributed by atoms with E-state index >= 15 is 0 Å². The van der Waals surface area contributed by atoms with Gasteiger partial charge in [-0.05, 0) is 36.0 Å². The van der Waals surface area contributed by atoms with Crippen molar-refractivity contribution in [3.63, 3.8) is 0 Å². The molecule has 7 heteroatoms. The van der Waals surface area contributed by atoms with Gasteiger partial charge in [-0.1, -0.05) is 18.2 Å². The Morgan fingerprint density at radius 1 is 1.24 bits per heavy atom. The van der Waals surface area contributed by atoms with Crippen LogP contribution in [0.4, 0.5) is 8.78 Å². The molecule has 2 N–H and O–H groups in total. The fraction of sp³-hybridized carbons (Fsp3) is 0.444. The Morgan fingerprint density at radius 3 is 2.52 bits per heavy atom. The summed E-state index contributed by atoms with van der Waals surface area (Å²) < 4.78 is 31.7. The van der Waals surface area contributed by atoms with Gasteiger partial charge in [0.2, 0.25) is 5.91 Å². The second kappa shape index (κ2) is 6.92. The van der Waals surface area contributed by atoms with Crippen molar-refractivity contribution in [3.05, 3.63) is 47.5 Å². The van der Waals surface area contributed by atoms with Gasteiger partial charge in [-0.2, -0.15) is 0 Å². The number of nitrogens with one attached hydrogen (secondary N) is 1. The summed E-state index contributed by atoms with van der Waals surface area (Å²) in [5, 5.41) is 12.2. The Bertz CT molecular complexity index is 721. The van der Waals surface area contributed by atoms with E-state index in [9.17, 15) is 23.5 Å². The Hall–Kier alpha value is -2.28. The summed E-state index contributed by atoms with van der Waals surface area (Å²) in [5.41, 5.74) is 0.361. The van der Waals surface area contributed by atoms with E-state index in [-0.39, 0.29) is 18.4 Å². The molecule has 0 aromatic heterocycles. The average molecular weight is 351 g/mol. The highest BCUT2D eigenvalue weighted by atomic mass is 19.2. The molecule has 1 aromatic rings. The number of ether oxygens (including phenoxy) is 1. The van der Waals surface area contributed by atoms with E-state index in [0.29, 0.717) is 12.0 Å². The standard InChI is InChI=1S/C18H19F2NO4/c1-25-8-14(9-4-5-12(19)13(20)7-9)21-17(22)15-10-2-3-11(6-10)16(15)18(23)24/h2-5,7,10-11,14-16H,6,8H2,1H3,(H,21,22)(H,23,24). The molecule has 0 radical (unpaired) electrons. The number of allylic oxidation sites excluding steroid dienone is 2. The molecule has 2 aliphatic rings. The van der Waals surface area contributed by atoms with Crippen molar-refractivity contribution >= 4 is 11.9 Å². The topological polar surface area (TPSA) is 75.6 Å². The van der Waals surface area contributed by atoms with Gasteiger partial charge in [-0.15, -0.1) is 0 Å². The number of hydrogen-bond acceptors (Lipinski definition) is 3. The number of aliphatic carboxylic acids is 1. The maximum atomic E-state index is 13.5. The molecule has 3 rings (SSSR count). The largest absolute Gasteiger partial charge is 0.481 e. The third-order valence-electron chi connectivity index (χ3n) is 5.04. The predicted molar refractivity (Wildman–Crippen MR) is 84.5 cm³/mol. The van der Waals surface area contributed by atoms with Gasteiger partial charge in [0.15, 0.2) is 11.6 Å². The fourth-order valence-electron chi connectivity index (χ4n) is 3.90. The van der Waals surface area contributed by atoms with Crippen LogP contribution in [0.2, 0.25) is 0 Å². The Kier molecular flexibility index (Phi) is 4.85. The number of methoxy groups -OCH3 is 1. The van der Waals surface area contributed by atoms with Crippen molar-refractivity contribution < 1.29 is 28.2 Å². The second-order valence-corrected chi connectivity index (χ2v) is 6.53. The van der Waals surface area contributed by atoms with Gasteiger partial charge < -0.3 is 15.2 Å². The van der Waals surface area contributed by atoms with Crippen LogP contribution in [0.25, 0.3) is 0 Å². The zero-order valence-corrected chi connectivity index (χ0v) is 13.6. The summed E-state index contributed by atoms with van der Waals surface area (Å²) in [6.07, 6.45) is 4.39. The van der Waals surface area contributed by atoms with Crippen LogP contribution < -0.4 is 5.32 Å². The van der Waals surface area contributed by atoms with Crippen molar-refractivity contribution in [3.8, 4) is 0 Å². The number of hydrogen-bond donors (Lipinski definition) is 2. The van der Waals surface area contributed by atoms with Crippen LogP contribution in [0.3, 0.4) is 0 Å². The zero-order chi connectivity index (χ0) is 18.1. The summed E-state index contributed by atoms with van der Waals surface area (Å²) in [5.74, 6) is -5.07. The molecule has 134 valence electrons. The summed E-state index contributed by atoms with van der Waals surface area (Å²) in [7, 11) is 1.43. The van der Waals surface area contributed by atoms with E-state index < -0.39 is 41.4 Å². The lowest BCUT2D eigenvalue weighted by atomic mass is 9.82. The normalized spacial score (nSPS) is 28.1. The highest BCUT2D eigenvalue weighted by Gasteiger charge is 2.51. The Morgan fingerprint density at radius 2 is 1.92 bits per heavy atom. The lowest BCUT2D eigenvalue weighted by Gasteiger charge is -2.27. The number of rotatable bonds is 6. The highest BCUT2D eigenvalue weighted by Crippen LogP contribution is 2.48. The van der Waals surface area contributed by atoms with Gasteiger partial charge in [0.1, 0.15) is 0 Å². The molecule has 1 amide bonds. The Balaban J connectivity index is 1.80. The van der Waals surface area contributed by atoms with E-state index in [2.05, 4.69) is 5.32 Å². The number of carboxylic acids is 1. The smallest absolute Gasteiger partial charge is 0.307 e. The third-order valence-corrected chi connectivity index (χ3v) is 5.04. The lowest BCUT2D eigenvalue weighted by Crippen LogP contribution is -2.42. The van der Waals surface area contributed by atoms with Crippen molar-refractivity contribution in [1.29, 1.82) is 0 Å². The summed E-state index contributed by atoms with van der Waals surface area (Å²) in [6, 6.07) is 2.68. The first-order chi connectivity index (χ1) is 11.9. The average Bonchev–Trinajstić information content (AvgIpc) is 3.18. The molecule has 1 fully saturated rings. The van der Waals surface area contributed by atoms with Gasteiger partial charge in [0.05, 0.1) is 24.5 Å². The number of benzene rings is 1. The van der Waals surface area contributed by atoms with Crippen LogP contribution in [0.1, 0.15) is 18.0 Å². The van der Waals surface area contributed by atoms with E-state index in [4.69, 9.17) is 4.74 Å². The maximum Gasteiger partial charge on any atom is 0.307 e. The number of carboxylic acid groups (broad SMARTS) is 1. The molecule has 2 aliphatic carbocycles. The SMILES string of the molecule is COCC(NC(=O)C1C2C=CC(C2)C1C(=O)O)c1ccc(F)c(F)c1. The minimum absolute atomic E-state index is 0.0607. The van der Waals surface area contributed by atoms with E-state index in [0.717, 1.165) is 12.1 Å². The predicted octanol–water partition coefficient (Wildman–Crippen LogP) is 2.29. The molecule has 5 atom stereocenters. The van der Waals surface area contributed by atoms with Gasteiger partial charge in [0, 0.05) is 7.11 Å². The molecule has 0 spiro atoms. The van der Waals surface area contributed by atoms with Crippen LogP contribution in [-0.4, -0.2) is 30.7 Å². The van der Waals surface area contributed by atoms with Crippen molar-refractivity contribution in [2.75, 3.05) is 13.7 Å². The van der Waals surface area contributed by atoms with Crippen LogP contribution in [0.15, 0.2) is 30.4 Å². The highest BCUT2D eigenvalue weighted by molar-refractivity contribution is 5.87. The molecule has 2 bridgehead atoms. The molecule has 1 saturated carbocycles. The molecule has 5 unspecified atom stereocenters. The minimum Gasteiger partial charge on any atom is -0.481 e. The van der Waals surface area contributed by atoms with Crippen molar-refractivity contribution in [2.45, 2.75) is 12.5 Å². The number of halogens is 2. The van der Waals surface area contributed by atoms with E-state index in [1.54, 1.807) is 0 Å². The molecule has 25 heavy (non-hydrogen) atoms. The first-order valence-corrected chi connectivity index (χ1v) is 8.07. The van der Waals surface area contributed by atoms with Crippen molar-refractivity contribution in [1.82, 2.24) is 5.32 Å². The molecule has 5 nitrogen and oxygen atoms in total. The molecule has 0 aliphatic heterocycles. The second-order valence-electron chi connectivity index (χ2n) is 6.53. The number of carbonyl (C=O) groups is 2.